The summed E-state index contributed by atoms with van der Waals surface area (Å²) in [6, 6.07) is 50.7. The van der Waals surface area contributed by atoms with E-state index < -0.39 is 0 Å². The predicted octanol–water partition coefficient (Wildman–Crippen LogP) is 16.8. The third kappa shape index (κ3) is 18.9. The van der Waals surface area contributed by atoms with E-state index in [1.54, 1.807) is 0 Å². The van der Waals surface area contributed by atoms with Crippen LogP contribution in [0.2, 0.25) is 0 Å². The molecule has 12 nitrogen and oxygen atoms in total. The van der Waals surface area contributed by atoms with Crippen LogP contribution >= 0.6 is 0 Å². The number of carbonyl (C=O) groups excluding carboxylic acids is 3. The molecule has 6 N–H and O–H groups in total. The fraction of sp³-hybridized carbons (Fsp3) is 0.348. The van der Waals surface area contributed by atoms with Gasteiger partial charge in [0.15, 0.2) is 0 Å². The maximum Gasteiger partial charge on any atom is 0.319 e. The molecule has 426 valence electrons. The van der Waals surface area contributed by atoms with Crippen molar-refractivity contribution in [1.29, 1.82) is 0 Å². The van der Waals surface area contributed by atoms with Crippen LogP contribution in [0.5, 0.6) is 17.2 Å². The smallest absolute Gasteiger partial charge is 0.319 e. The Morgan fingerprint density at radius 2 is 0.593 bits per heavy atom. The normalized spacial score (nSPS) is 12.3. The van der Waals surface area contributed by atoms with Crippen LogP contribution in [0.15, 0.2) is 164 Å². The molecule has 0 fully saturated rings. The van der Waals surface area contributed by atoms with Crippen molar-refractivity contribution in [3.05, 3.63) is 214 Å². The third-order valence-corrected chi connectivity index (χ3v) is 14.5. The van der Waals surface area contributed by atoms with Crippen LogP contribution in [0.4, 0.5) is 31.4 Å². The Balaban J connectivity index is 1.25. The molecule has 3 atom stereocenters. The van der Waals surface area contributed by atoms with Crippen molar-refractivity contribution >= 4 is 35.2 Å². The van der Waals surface area contributed by atoms with Crippen LogP contribution in [0.25, 0.3) is 0 Å². The molecule has 0 saturated heterocycles. The maximum atomic E-state index is 13.3. The van der Waals surface area contributed by atoms with Gasteiger partial charge < -0.3 is 46.1 Å². The van der Waals surface area contributed by atoms with Gasteiger partial charge in [0, 0.05) is 35.3 Å². The number of benzene rings is 7. The summed E-state index contributed by atoms with van der Waals surface area (Å²) in [5, 5.41) is 18.2. The molecule has 0 bridgehead atoms. The number of urea groups is 3. The van der Waals surface area contributed by atoms with E-state index in [1.165, 1.54) is 16.7 Å². The molecule has 0 saturated carbocycles. The fourth-order valence-corrected chi connectivity index (χ4v) is 9.84. The van der Waals surface area contributed by atoms with E-state index >= 15 is 0 Å². The molecular formula is C69H84N6O6. The molecule has 0 aliphatic carbocycles. The summed E-state index contributed by atoms with van der Waals surface area (Å²) in [5.74, 6) is 3.09. The summed E-state index contributed by atoms with van der Waals surface area (Å²) in [6.07, 6.45) is 5.19. The lowest BCUT2D eigenvalue weighted by Crippen LogP contribution is -2.31. The van der Waals surface area contributed by atoms with E-state index in [4.69, 9.17) is 14.2 Å². The minimum absolute atomic E-state index is 0.193. The van der Waals surface area contributed by atoms with Crippen molar-refractivity contribution < 1.29 is 28.6 Å². The van der Waals surface area contributed by atoms with Crippen LogP contribution < -0.4 is 46.1 Å². The topological polar surface area (TPSA) is 151 Å². The molecule has 6 amide bonds. The van der Waals surface area contributed by atoms with Crippen LogP contribution in [0.3, 0.4) is 0 Å². The van der Waals surface area contributed by atoms with Crippen molar-refractivity contribution in [3.63, 3.8) is 0 Å². The SMILES string of the molecule is CC(C)CCc1c(COc2cccc(NC(=O)N[C@@H](C)c3ccccc3)c2)c(CCC(C)C)c(COc2cccc(NC(=O)N[C@@H](C)c3ccccc3)c2)c(CCC(C)C)c1COc1cccc(NC(=O)N[C@@H](C)c2ccccc2)c1. The maximum absolute atomic E-state index is 13.3. The Hall–Kier alpha value is -8.25. The van der Waals surface area contributed by atoms with Crippen LogP contribution in [0, 0.1) is 17.8 Å². The zero-order valence-corrected chi connectivity index (χ0v) is 48.9. The number of rotatable bonds is 27. The molecule has 0 aliphatic rings. The molecule has 0 spiro atoms. The van der Waals surface area contributed by atoms with E-state index in [1.807, 2.05) is 185 Å². The monoisotopic (exact) mass is 1090 g/mol. The minimum Gasteiger partial charge on any atom is -0.489 e. The molecule has 7 aromatic rings. The quantitative estimate of drug-likeness (QED) is 0.0302. The van der Waals surface area contributed by atoms with Gasteiger partial charge in [0.25, 0.3) is 0 Å². The summed E-state index contributed by atoms with van der Waals surface area (Å²) >= 11 is 0. The number of hydrogen-bond donors (Lipinski definition) is 6. The Morgan fingerprint density at radius 1 is 0.333 bits per heavy atom. The molecule has 7 aromatic carbocycles. The lowest BCUT2D eigenvalue weighted by Gasteiger charge is -2.29. The van der Waals surface area contributed by atoms with Crippen molar-refractivity contribution in [2.75, 3.05) is 16.0 Å². The molecule has 81 heavy (non-hydrogen) atoms. The first-order valence-corrected chi connectivity index (χ1v) is 28.8. The lowest BCUT2D eigenvalue weighted by molar-refractivity contribution is 0.248. The first kappa shape index (κ1) is 60.4. The first-order valence-electron chi connectivity index (χ1n) is 28.8. The van der Waals surface area contributed by atoms with E-state index in [0.29, 0.717) is 52.1 Å². The second-order valence-corrected chi connectivity index (χ2v) is 22.3. The summed E-state index contributed by atoms with van der Waals surface area (Å²) in [4.78, 5) is 40.0. The standard InChI is InChI=1S/C69H84N6O6/c1-46(2)34-37-61-64(43-79-58-31-19-28-55(40-58)73-67(76)70-49(7)52-22-13-10-14-23-52)62(38-35-47(3)4)66(45-81-60-33-21-30-57(42-60)75-69(78)72-51(9)54-26-17-12-18-27-54)63(39-36-48(5)6)65(61)44-80-59-32-20-29-56(41-59)74-68(77)71-50(8)53-24-15-11-16-25-53/h10-33,40-42,46-51H,34-39,43-45H2,1-9H3,(H2,70,73,76)(H2,71,74,77)(H2,72,75,78)/t49-,50-,51-/m0/s1. The van der Waals surface area contributed by atoms with Gasteiger partial charge in [-0.1, -0.05) is 151 Å². The van der Waals surface area contributed by atoms with Gasteiger partial charge >= 0.3 is 18.1 Å². The van der Waals surface area contributed by atoms with E-state index in [-0.39, 0.29) is 56.0 Å². The van der Waals surface area contributed by atoms with Gasteiger partial charge in [-0.2, -0.15) is 0 Å². The highest BCUT2D eigenvalue weighted by atomic mass is 16.5. The average molecular weight is 1090 g/mol. The van der Waals surface area contributed by atoms with Crippen molar-refractivity contribution in [2.45, 2.75) is 139 Å². The van der Waals surface area contributed by atoms with E-state index in [0.717, 1.165) is 71.9 Å². The van der Waals surface area contributed by atoms with Crippen molar-refractivity contribution in [2.24, 2.45) is 17.8 Å². The molecule has 0 radical (unpaired) electrons. The Bertz CT molecular complexity index is 2760. The van der Waals surface area contributed by atoms with Gasteiger partial charge in [-0.05, 0) is 164 Å². The number of amides is 6. The summed E-state index contributed by atoms with van der Waals surface area (Å²) in [5.41, 5.74) is 11.8. The second-order valence-electron chi connectivity index (χ2n) is 22.3. The first-order chi connectivity index (χ1) is 39.1. The summed E-state index contributed by atoms with van der Waals surface area (Å²) < 4.78 is 20.7. The van der Waals surface area contributed by atoms with Crippen LogP contribution in [-0.2, 0) is 39.1 Å². The number of ether oxygens (including phenoxy) is 3. The highest BCUT2D eigenvalue weighted by molar-refractivity contribution is 5.91. The Labute approximate surface area is 481 Å². The van der Waals surface area contributed by atoms with E-state index in [2.05, 4.69) is 73.4 Å². The number of anilines is 3. The highest BCUT2D eigenvalue weighted by Crippen LogP contribution is 2.37. The number of nitrogens with one attached hydrogen (secondary N) is 6. The minimum atomic E-state index is -0.314. The summed E-state index contributed by atoms with van der Waals surface area (Å²) in [7, 11) is 0. The molecule has 0 aromatic heterocycles. The van der Waals surface area contributed by atoms with Crippen molar-refractivity contribution in [3.8, 4) is 17.2 Å². The summed E-state index contributed by atoms with van der Waals surface area (Å²) in [6.45, 7) is 20.2. The van der Waals surface area contributed by atoms with Gasteiger partial charge in [-0.15, -0.1) is 0 Å². The highest BCUT2D eigenvalue weighted by Gasteiger charge is 2.26. The third-order valence-electron chi connectivity index (χ3n) is 14.5. The fourth-order valence-electron chi connectivity index (χ4n) is 9.84. The zero-order valence-electron chi connectivity index (χ0n) is 48.9. The number of hydrogen-bond acceptors (Lipinski definition) is 6. The Morgan fingerprint density at radius 3 is 0.840 bits per heavy atom. The molecular weight excluding hydrogens is 1010 g/mol. The van der Waals surface area contributed by atoms with Gasteiger partial charge in [0.1, 0.15) is 37.1 Å². The van der Waals surface area contributed by atoms with Crippen molar-refractivity contribution in [1.82, 2.24) is 16.0 Å². The molecule has 7 rings (SSSR count). The second kappa shape index (κ2) is 30.4. The van der Waals surface area contributed by atoms with Gasteiger partial charge in [0.2, 0.25) is 0 Å². The zero-order chi connectivity index (χ0) is 57.7. The molecule has 12 heteroatoms. The Kier molecular flexibility index (Phi) is 22.6. The van der Waals surface area contributed by atoms with Gasteiger partial charge in [0.05, 0.1) is 18.1 Å². The largest absolute Gasteiger partial charge is 0.489 e. The van der Waals surface area contributed by atoms with Gasteiger partial charge in [-0.3, -0.25) is 0 Å². The molecule has 0 heterocycles. The van der Waals surface area contributed by atoms with Crippen LogP contribution in [-0.4, -0.2) is 18.1 Å². The van der Waals surface area contributed by atoms with Gasteiger partial charge in [-0.25, -0.2) is 14.4 Å². The molecule has 0 aliphatic heterocycles. The lowest BCUT2D eigenvalue weighted by atomic mass is 9.80. The molecule has 0 unspecified atom stereocenters. The number of carbonyl (C=O) groups is 3. The predicted molar refractivity (Wildman–Crippen MR) is 329 cm³/mol. The average Bonchev–Trinajstić information content (AvgIpc) is 3.64. The van der Waals surface area contributed by atoms with E-state index in [9.17, 15) is 14.4 Å². The van der Waals surface area contributed by atoms with Crippen LogP contribution in [0.1, 0.15) is 150 Å².